The summed E-state index contributed by atoms with van der Waals surface area (Å²) < 4.78 is 0. The monoisotopic (exact) mass is 487 g/mol. The van der Waals surface area contributed by atoms with Gasteiger partial charge in [-0.2, -0.15) is 0 Å². The normalized spacial score (nSPS) is 10.8. The van der Waals surface area contributed by atoms with Gasteiger partial charge in [-0.3, -0.25) is 14.4 Å². The van der Waals surface area contributed by atoms with Crippen LogP contribution >= 0.6 is 0 Å². The maximum Gasteiger partial charge on any atom is 0.248 e. The zero-order chi connectivity index (χ0) is 26.0. The number of hydrogen-bond acceptors (Lipinski definition) is 3. The van der Waals surface area contributed by atoms with Crippen molar-refractivity contribution in [3.63, 3.8) is 0 Å². The molecule has 1 N–H and O–H groups in total. The molecule has 4 heteroatoms. The molecule has 37 heavy (non-hydrogen) atoms. The van der Waals surface area contributed by atoms with Crippen LogP contribution in [0.5, 0.6) is 0 Å². The molecule has 4 aromatic carbocycles. The standard InChI is InChI=1S/C33H29NO3/c1-24-12-14-26(15-13-24)22-30(35)20-18-27-17-19-29(23-31(27)33(37)28-10-6-3-7-11-28)34-32(36)21-16-25-8-4-2-5-9-25/h2-17,19,21,23H,18,20,22H2,1H3,(H,34,36)/b21-16+. The molecule has 0 unspecified atom stereocenters. The lowest BCUT2D eigenvalue weighted by molar-refractivity contribution is -0.118. The van der Waals surface area contributed by atoms with Gasteiger partial charge in [-0.25, -0.2) is 0 Å². The van der Waals surface area contributed by atoms with E-state index in [9.17, 15) is 14.4 Å². The first-order chi connectivity index (χ1) is 18.0. The topological polar surface area (TPSA) is 63.2 Å². The van der Waals surface area contributed by atoms with Crippen LogP contribution in [0, 0.1) is 6.92 Å². The number of carbonyl (C=O) groups excluding carboxylic acids is 3. The van der Waals surface area contributed by atoms with Gasteiger partial charge >= 0.3 is 0 Å². The van der Waals surface area contributed by atoms with Crippen molar-refractivity contribution in [2.24, 2.45) is 0 Å². The fourth-order valence-electron chi connectivity index (χ4n) is 4.04. The summed E-state index contributed by atoms with van der Waals surface area (Å²) >= 11 is 0. The van der Waals surface area contributed by atoms with Crippen molar-refractivity contribution in [1.29, 1.82) is 0 Å². The molecule has 0 aromatic heterocycles. The molecule has 184 valence electrons. The molecule has 4 nitrogen and oxygen atoms in total. The summed E-state index contributed by atoms with van der Waals surface area (Å²) in [5.74, 6) is -0.314. The molecule has 0 spiro atoms. The zero-order valence-electron chi connectivity index (χ0n) is 20.8. The Balaban J connectivity index is 1.50. The van der Waals surface area contributed by atoms with Crippen LogP contribution in [-0.2, 0) is 22.4 Å². The Morgan fingerprint density at radius 3 is 2.16 bits per heavy atom. The molecule has 4 aromatic rings. The average molecular weight is 488 g/mol. The number of Topliss-reactive ketones (excluding diaryl/α,β-unsaturated/α-hetero) is 1. The number of benzene rings is 4. The minimum atomic E-state index is -0.289. The number of ketones is 2. The Kier molecular flexibility index (Phi) is 8.56. The number of hydrogen-bond donors (Lipinski definition) is 1. The first-order valence-corrected chi connectivity index (χ1v) is 12.3. The maximum absolute atomic E-state index is 13.4. The van der Waals surface area contributed by atoms with E-state index in [0.29, 0.717) is 36.1 Å². The largest absolute Gasteiger partial charge is 0.322 e. The summed E-state index contributed by atoms with van der Waals surface area (Å²) in [6, 6.07) is 31.8. The van der Waals surface area contributed by atoms with Crippen LogP contribution < -0.4 is 5.32 Å². The van der Waals surface area contributed by atoms with Gasteiger partial charge in [-0.05, 0) is 48.2 Å². The van der Waals surface area contributed by atoms with Crippen molar-refractivity contribution < 1.29 is 14.4 Å². The first kappa shape index (κ1) is 25.5. The Morgan fingerprint density at radius 1 is 0.784 bits per heavy atom. The van der Waals surface area contributed by atoms with Crippen molar-refractivity contribution in [3.8, 4) is 0 Å². The van der Waals surface area contributed by atoms with Gasteiger partial charge in [-0.1, -0.05) is 96.6 Å². The SMILES string of the molecule is Cc1ccc(CC(=O)CCc2ccc(NC(=O)/C=C/c3ccccc3)cc2C(=O)c2ccccc2)cc1. The number of aryl methyl sites for hydroxylation is 2. The van der Waals surface area contributed by atoms with Gasteiger partial charge in [0.15, 0.2) is 5.78 Å². The average Bonchev–Trinajstić information content (AvgIpc) is 2.93. The lowest BCUT2D eigenvalue weighted by atomic mass is 9.93. The van der Waals surface area contributed by atoms with Crippen molar-refractivity contribution >= 4 is 29.2 Å². The molecule has 0 aliphatic heterocycles. The molecule has 0 aliphatic carbocycles. The highest BCUT2D eigenvalue weighted by atomic mass is 16.1. The molecule has 0 heterocycles. The van der Waals surface area contributed by atoms with Crippen LogP contribution in [0.4, 0.5) is 5.69 Å². The summed E-state index contributed by atoms with van der Waals surface area (Å²) in [5.41, 5.74) is 5.41. The molecule has 0 atom stereocenters. The van der Waals surface area contributed by atoms with Crippen molar-refractivity contribution in [2.75, 3.05) is 5.32 Å². The quantitative estimate of drug-likeness (QED) is 0.202. The molecular formula is C33H29NO3. The third kappa shape index (κ3) is 7.45. The highest BCUT2D eigenvalue weighted by Gasteiger charge is 2.16. The minimum absolute atomic E-state index is 0.116. The molecular weight excluding hydrogens is 458 g/mol. The van der Waals surface area contributed by atoms with Gasteiger partial charge < -0.3 is 5.32 Å². The van der Waals surface area contributed by atoms with Gasteiger partial charge in [0.05, 0.1) is 0 Å². The van der Waals surface area contributed by atoms with E-state index in [0.717, 1.165) is 22.3 Å². The molecule has 0 radical (unpaired) electrons. The first-order valence-electron chi connectivity index (χ1n) is 12.3. The van der Waals surface area contributed by atoms with Crippen molar-refractivity contribution in [2.45, 2.75) is 26.2 Å². The third-order valence-corrected chi connectivity index (χ3v) is 6.08. The molecule has 0 saturated carbocycles. The third-order valence-electron chi connectivity index (χ3n) is 6.08. The van der Waals surface area contributed by atoms with E-state index < -0.39 is 0 Å². The van der Waals surface area contributed by atoms with E-state index in [1.807, 2.05) is 85.8 Å². The molecule has 4 rings (SSSR count). The second-order valence-electron chi connectivity index (χ2n) is 9.00. The number of amides is 1. The lowest BCUT2D eigenvalue weighted by Gasteiger charge is -2.12. The summed E-state index contributed by atoms with van der Waals surface area (Å²) in [6.45, 7) is 2.02. The van der Waals surface area contributed by atoms with Crippen LogP contribution in [0.25, 0.3) is 6.08 Å². The van der Waals surface area contributed by atoms with Gasteiger partial charge in [0.2, 0.25) is 5.91 Å². The van der Waals surface area contributed by atoms with Crippen LogP contribution in [-0.4, -0.2) is 17.5 Å². The lowest BCUT2D eigenvalue weighted by Crippen LogP contribution is -2.12. The molecule has 0 saturated heterocycles. The van der Waals surface area contributed by atoms with Crippen LogP contribution in [0.15, 0.2) is 109 Å². The Bertz CT molecular complexity index is 1410. The summed E-state index contributed by atoms with van der Waals surface area (Å²) in [6.07, 6.45) is 4.34. The number of nitrogens with one attached hydrogen (secondary N) is 1. The predicted octanol–water partition coefficient (Wildman–Crippen LogP) is 6.62. The second-order valence-corrected chi connectivity index (χ2v) is 9.00. The van der Waals surface area contributed by atoms with Crippen LogP contribution in [0.2, 0.25) is 0 Å². The van der Waals surface area contributed by atoms with E-state index in [-0.39, 0.29) is 17.5 Å². The highest BCUT2D eigenvalue weighted by molar-refractivity contribution is 6.11. The van der Waals surface area contributed by atoms with E-state index in [1.54, 1.807) is 30.3 Å². The van der Waals surface area contributed by atoms with Gasteiger partial charge in [0.1, 0.15) is 5.78 Å². The fraction of sp³-hybridized carbons (Fsp3) is 0.121. The van der Waals surface area contributed by atoms with E-state index in [4.69, 9.17) is 0 Å². The van der Waals surface area contributed by atoms with Gasteiger partial charge in [0, 0.05) is 35.7 Å². The minimum Gasteiger partial charge on any atom is -0.322 e. The molecule has 1 amide bonds. The smallest absolute Gasteiger partial charge is 0.248 e. The Labute approximate surface area is 217 Å². The Hall–Kier alpha value is -4.57. The summed E-state index contributed by atoms with van der Waals surface area (Å²) in [7, 11) is 0. The second kappa shape index (κ2) is 12.4. The van der Waals surface area contributed by atoms with Crippen molar-refractivity contribution in [3.05, 3.63) is 143 Å². The van der Waals surface area contributed by atoms with Crippen molar-refractivity contribution in [1.82, 2.24) is 0 Å². The predicted molar refractivity (Wildman–Crippen MR) is 149 cm³/mol. The van der Waals surface area contributed by atoms with E-state index >= 15 is 0 Å². The Morgan fingerprint density at radius 2 is 1.46 bits per heavy atom. The van der Waals surface area contributed by atoms with Gasteiger partial charge in [0.25, 0.3) is 0 Å². The summed E-state index contributed by atoms with van der Waals surface area (Å²) in [5, 5.41) is 2.84. The summed E-state index contributed by atoms with van der Waals surface area (Å²) in [4.78, 5) is 38.5. The fourth-order valence-corrected chi connectivity index (χ4v) is 4.04. The van der Waals surface area contributed by atoms with Gasteiger partial charge in [-0.15, -0.1) is 0 Å². The molecule has 0 bridgehead atoms. The maximum atomic E-state index is 13.4. The highest BCUT2D eigenvalue weighted by Crippen LogP contribution is 2.22. The number of anilines is 1. The number of carbonyl (C=O) groups is 3. The molecule has 0 aliphatic rings. The number of rotatable bonds is 10. The zero-order valence-corrected chi connectivity index (χ0v) is 20.8. The van der Waals surface area contributed by atoms with E-state index in [1.165, 1.54) is 6.08 Å². The van der Waals surface area contributed by atoms with Crippen LogP contribution in [0.1, 0.15) is 44.6 Å². The molecule has 0 fully saturated rings. The van der Waals surface area contributed by atoms with Crippen LogP contribution in [0.3, 0.4) is 0 Å². The van der Waals surface area contributed by atoms with E-state index in [2.05, 4.69) is 5.32 Å².